The van der Waals surface area contributed by atoms with Gasteiger partial charge in [0, 0.05) is 11.1 Å². The Morgan fingerprint density at radius 2 is 1.69 bits per heavy atom. The topological polar surface area (TPSA) is 66.5 Å². The monoisotopic (exact) mass is 394 g/mol. The molecular weight excluding hydrogens is 372 g/mol. The summed E-state index contributed by atoms with van der Waals surface area (Å²) in [7, 11) is -3.91. The number of anilines is 1. The molecule has 0 aromatic heterocycles. The SMILES string of the molecule is CC[C@H](C)NC(=O)CN(c1ccc(C)cc1)S(=O)(=O)c1ccc(Cl)cc1. The van der Waals surface area contributed by atoms with Crippen LogP contribution in [0.4, 0.5) is 5.69 Å². The number of amides is 1. The Hall–Kier alpha value is -2.05. The molecule has 0 saturated carbocycles. The Balaban J connectivity index is 2.40. The minimum absolute atomic E-state index is 0.0272. The van der Waals surface area contributed by atoms with Crippen LogP contribution in [0.1, 0.15) is 25.8 Å². The molecule has 0 aliphatic rings. The van der Waals surface area contributed by atoms with Gasteiger partial charge in [-0.2, -0.15) is 0 Å². The van der Waals surface area contributed by atoms with E-state index in [9.17, 15) is 13.2 Å². The Bertz CT molecular complexity index is 849. The van der Waals surface area contributed by atoms with Gasteiger partial charge in [0.25, 0.3) is 10.0 Å². The first-order chi connectivity index (χ1) is 12.2. The number of rotatable bonds is 7. The molecule has 0 fully saturated rings. The van der Waals surface area contributed by atoms with Gasteiger partial charge in [-0.05, 0) is 56.7 Å². The summed E-state index contributed by atoms with van der Waals surface area (Å²) in [6.07, 6.45) is 0.764. The van der Waals surface area contributed by atoms with Crippen molar-refractivity contribution in [1.29, 1.82) is 0 Å². The number of hydrogen-bond acceptors (Lipinski definition) is 3. The molecule has 0 spiro atoms. The number of nitrogens with zero attached hydrogens (tertiary/aromatic N) is 1. The fraction of sp³-hybridized carbons (Fsp3) is 0.316. The van der Waals surface area contributed by atoms with E-state index in [1.165, 1.54) is 24.3 Å². The summed E-state index contributed by atoms with van der Waals surface area (Å²) in [6, 6.07) is 12.9. The van der Waals surface area contributed by atoms with Crippen LogP contribution in [-0.4, -0.2) is 26.9 Å². The van der Waals surface area contributed by atoms with Gasteiger partial charge in [-0.15, -0.1) is 0 Å². The van der Waals surface area contributed by atoms with Crippen molar-refractivity contribution in [2.75, 3.05) is 10.8 Å². The zero-order valence-corrected chi connectivity index (χ0v) is 16.6. The fourth-order valence-electron chi connectivity index (χ4n) is 2.31. The molecule has 1 atom stereocenters. The molecule has 2 aromatic rings. The zero-order chi connectivity index (χ0) is 19.3. The van der Waals surface area contributed by atoms with Crippen LogP contribution in [0, 0.1) is 6.92 Å². The summed E-state index contributed by atoms with van der Waals surface area (Å²) >= 11 is 5.86. The van der Waals surface area contributed by atoms with Crippen molar-refractivity contribution in [3.63, 3.8) is 0 Å². The van der Waals surface area contributed by atoms with E-state index in [1.54, 1.807) is 12.1 Å². The Morgan fingerprint density at radius 1 is 1.12 bits per heavy atom. The molecular formula is C19H23ClN2O3S. The van der Waals surface area contributed by atoms with Gasteiger partial charge in [-0.1, -0.05) is 36.2 Å². The molecule has 140 valence electrons. The Morgan fingerprint density at radius 3 is 2.23 bits per heavy atom. The van der Waals surface area contributed by atoms with Gasteiger partial charge in [0.2, 0.25) is 5.91 Å². The molecule has 0 radical (unpaired) electrons. The number of aryl methyl sites for hydroxylation is 1. The summed E-state index contributed by atoms with van der Waals surface area (Å²) in [5, 5.41) is 3.25. The van der Waals surface area contributed by atoms with Crippen LogP contribution in [0.5, 0.6) is 0 Å². The first-order valence-corrected chi connectivity index (χ1v) is 10.2. The minimum Gasteiger partial charge on any atom is -0.352 e. The molecule has 7 heteroatoms. The minimum atomic E-state index is -3.91. The van der Waals surface area contributed by atoms with Crippen LogP contribution >= 0.6 is 11.6 Å². The molecule has 2 rings (SSSR count). The maximum atomic E-state index is 13.1. The first-order valence-electron chi connectivity index (χ1n) is 8.38. The van der Waals surface area contributed by atoms with E-state index in [4.69, 9.17) is 11.6 Å². The van der Waals surface area contributed by atoms with E-state index in [0.717, 1.165) is 16.3 Å². The summed E-state index contributed by atoms with van der Waals surface area (Å²) in [5.41, 5.74) is 1.44. The number of sulfonamides is 1. The molecule has 0 bridgehead atoms. The average molecular weight is 395 g/mol. The van der Waals surface area contributed by atoms with Crippen molar-refractivity contribution in [3.8, 4) is 0 Å². The lowest BCUT2D eigenvalue weighted by atomic mass is 10.2. The highest BCUT2D eigenvalue weighted by Crippen LogP contribution is 2.25. The third-order valence-corrected chi connectivity index (χ3v) is 6.07. The van der Waals surface area contributed by atoms with Crippen LogP contribution in [-0.2, 0) is 14.8 Å². The van der Waals surface area contributed by atoms with Gasteiger partial charge < -0.3 is 5.32 Å². The van der Waals surface area contributed by atoms with Crippen LogP contribution in [0.15, 0.2) is 53.4 Å². The number of nitrogens with one attached hydrogen (secondary N) is 1. The van der Waals surface area contributed by atoms with Crippen molar-refractivity contribution in [1.82, 2.24) is 5.32 Å². The molecule has 0 aliphatic carbocycles. The molecule has 0 unspecified atom stereocenters. The molecule has 0 aliphatic heterocycles. The maximum absolute atomic E-state index is 13.1. The summed E-state index contributed by atoms with van der Waals surface area (Å²) in [4.78, 5) is 12.4. The quantitative estimate of drug-likeness (QED) is 0.777. The largest absolute Gasteiger partial charge is 0.352 e. The predicted molar refractivity (Wildman–Crippen MR) is 105 cm³/mol. The van der Waals surface area contributed by atoms with Crippen molar-refractivity contribution >= 4 is 33.2 Å². The average Bonchev–Trinajstić information content (AvgIpc) is 2.60. The lowest BCUT2D eigenvalue weighted by Gasteiger charge is -2.25. The van der Waals surface area contributed by atoms with E-state index >= 15 is 0 Å². The predicted octanol–water partition coefficient (Wildman–Crippen LogP) is 3.76. The highest BCUT2D eigenvalue weighted by Gasteiger charge is 2.27. The van der Waals surface area contributed by atoms with E-state index in [2.05, 4.69) is 5.32 Å². The van der Waals surface area contributed by atoms with Crippen molar-refractivity contribution in [2.24, 2.45) is 0 Å². The van der Waals surface area contributed by atoms with Crippen molar-refractivity contribution < 1.29 is 13.2 Å². The highest BCUT2D eigenvalue weighted by atomic mass is 35.5. The molecule has 0 heterocycles. The van der Waals surface area contributed by atoms with Crippen LogP contribution < -0.4 is 9.62 Å². The number of halogens is 1. The van der Waals surface area contributed by atoms with Crippen LogP contribution in [0.2, 0.25) is 5.02 Å². The molecule has 26 heavy (non-hydrogen) atoms. The number of hydrogen-bond donors (Lipinski definition) is 1. The maximum Gasteiger partial charge on any atom is 0.264 e. The number of benzene rings is 2. The van der Waals surface area contributed by atoms with Gasteiger partial charge in [0.1, 0.15) is 6.54 Å². The smallest absolute Gasteiger partial charge is 0.264 e. The highest BCUT2D eigenvalue weighted by molar-refractivity contribution is 7.92. The fourth-order valence-corrected chi connectivity index (χ4v) is 3.86. The summed E-state index contributed by atoms with van der Waals surface area (Å²) in [5.74, 6) is -0.350. The van der Waals surface area contributed by atoms with Gasteiger partial charge in [-0.3, -0.25) is 9.10 Å². The Kier molecular flexibility index (Phi) is 6.67. The zero-order valence-electron chi connectivity index (χ0n) is 15.1. The second-order valence-corrected chi connectivity index (χ2v) is 8.48. The molecule has 1 amide bonds. The molecule has 5 nitrogen and oxygen atoms in total. The second kappa shape index (κ2) is 8.56. The second-order valence-electron chi connectivity index (χ2n) is 6.18. The number of carbonyl (C=O) groups is 1. The van der Waals surface area contributed by atoms with E-state index in [1.807, 2.05) is 32.9 Å². The third-order valence-electron chi connectivity index (χ3n) is 4.03. The first kappa shape index (κ1) is 20.3. The molecule has 1 N–H and O–H groups in total. The van der Waals surface area contributed by atoms with E-state index in [-0.39, 0.29) is 23.4 Å². The lowest BCUT2D eigenvalue weighted by molar-refractivity contribution is -0.120. The van der Waals surface area contributed by atoms with Gasteiger partial charge in [0.05, 0.1) is 10.6 Å². The van der Waals surface area contributed by atoms with Gasteiger partial charge in [0.15, 0.2) is 0 Å². The third kappa shape index (κ3) is 4.99. The number of carbonyl (C=O) groups excluding carboxylic acids is 1. The standard InChI is InChI=1S/C19H23ClN2O3S/c1-4-15(3)21-19(23)13-22(17-9-5-14(2)6-10-17)26(24,25)18-11-7-16(20)8-12-18/h5-12,15H,4,13H2,1-3H3,(H,21,23)/t15-/m0/s1. The van der Waals surface area contributed by atoms with Crippen LogP contribution in [0.3, 0.4) is 0 Å². The normalized spacial score (nSPS) is 12.5. The van der Waals surface area contributed by atoms with Crippen molar-refractivity contribution in [3.05, 3.63) is 59.1 Å². The van der Waals surface area contributed by atoms with E-state index < -0.39 is 10.0 Å². The lowest BCUT2D eigenvalue weighted by Crippen LogP contribution is -2.43. The van der Waals surface area contributed by atoms with Crippen molar-refractivity contribution in [2.45, 2.75) is 38.1 Å². The molecule has 0 saturated heterocycles. The van der Waals surface area contributed by atoms with E-state index in [0.29, 0.717) is 10.7 Å². The molecule has 2 aromatic carbocycles. The van der Waals surface area contributed by atoms with Crippen LogP contribution in [0.25, 0.3) is 0 Å². The van der Waals surface area contributed by atoms with Gasteiger partial charge in [-0.25, -0.2) is 8.42 Å². The Labute approximate surface area is 160 Å². The summed E-state index contributed by atoms with van der Waals surface area (Å²) in [6.45, 7) is 5.45. The van der Waals surface area contributed by atoms with Gasteiger partial charge >= 0.3 is 0 Å². The summed E-state index contributed by atoms with van der Waals surface area (Å²) < 4.78 is 27.4.